The third-order valence-electron chi connectivity index (χ3n) is 2.73. The van der Waals surface area contributed by atoms with Gasteiger partial charge in [0.1, 0.15) is 5.40 Å². The van der Waals surface area contributed by atoms with E-state index in [-0.39, 0.29) is 0 Å². The highest BCUT2D eigenvalue weighted by Crippen LogP contribution is 2.32. The number of thiocyanates is 1. The number of rotatable bonds is 4. The average molecular weight is 412 g/mol. The Hall–Kier alpha value is -0.960. The molecule has 0 aliphatic carbocycles. The molecule has 2 aromatic carbocycles. The van der Waals surface area contributed by atoms with E-state index < -0.39 is 0 Å². The fourth-order valence-electron chi connectivity index (χ4n) is 1.87. The molecule has 0 N–H and O–H groups in total. The van der Waals surface area contributed by atoms with Crippen LogP contribution in [0.1, 0.15) is 11.1 Å². The van der Waals surface area contributed by atoms with Crippen LogP contribution < -0.4 is 0 Å². The topological polar surface area (TPSA) is 23.8 Å². The fourth-order valence-corrected chi connectivity index (χ4v) is 3.42. The number of thioether (sulfide) groups is 1. The van der Waals surface area contributed by atoms with Gasteiger partial charge in [0.15, 0.2) is 0 Å². The standard InChI is InChI=1S/C16H11ClINS/c17-14-8-6-13(7-9-14)16(15(18)10-20-11-19)12-4-2-1-3-5-12/h1-9H,10H2/b16-15-. The summed E-state index contributed by atoms with van der Waals surface area (Å²) in [6, 6.07) is 18.0. The molecule has 0 aliphatic heterocycles. The highest BCUT2D eigenvalue weighted by molar-refractivity contribution is 14.1. The van der Waals surface area contributed by atoms with Crippen LogP contribution in [-0.4, -0.2) is 5.75 Å². The van der Waals surface area contributed by atoms with E-state index in [1.165, 1.54) is 11.8 Å². The highest BCUT2D eigenvalue weighted by Gasteiger charge is 2.10. The molecule has 100 valence electrons. The van der Waals surface area contributed by atoms with Crippen molar-refractivity contribution in [2.24, 2.45) is 0 Å². The molecule has 0 atom stereocenters. The van der Waals surface area contributed by atoms with Crippen LogP contribution in [0, 0.1) is 10.7 Å². The van der Waals surface area contributed by atoms with Gasteiger partial charge < -0.3 is 0 Å². The van der Waals surface area contributed by atoms with Gasteiger partial charge in [-0.05, 0) is 63.2 Å². The monoisotopic (exact) mass is 411 g/mol. The van der Waals surface area contributed by atoms with Crippen molar-refractivity contribution in [3.8, 4) is 5.40 Å². The second kappa shape index (κ2) is 7.72. The Morgan fingerprint density at radius 3 is 2.25 bits per heavy atom. The molecule has 2 aromatic rings. The summed E-state index contributed by atoms with van der Waals surface area (Å²) < 4.78 is 1.16. The van der Waals surface area contributed by atoms with Crippen LogP contribution in [0.15, 0.2) is 58.2 Å². The highest BCUT2D eigenvalue weighted by atomic mass is 127. The van der Waals surface area contributed by atoms with Gasteiger partial charge in [-0.15, -0.1) is 0 Å². The number of hydrogen-bond donors (Lipinski definition) is 0. The first kappa shape index (κ1) is 15.4. The summed E-state index contributed by atoms with van der Waals surface area (Å²) in [5.74, 6) is 0.684. The zero-order chi connectivity index (χ0) is 14.4. The number of hydrogen-bond acceptors (Lipinski definition) is 2. The van der Waals surface area contributed by atoms with Crippen molar-refractivity contribution < 1.29 is 0 Å². The smallest absolute Gasteiger partial charge is 0.133 e. The normalized spacial score (nSPS) is 11.7. The van der Waals surface area contributed by atoms with Gasteiger partial charge in [0, 0.05) is 14.4 Å². The minimum atomic E-state index is 0.684. The Bertz CT molecular complexity index is 644. The maximum atomic E-state index is 8.74. The lowest BCUT2D eigenvalue weighted by Crippen LogP contribution is -1.92. The van der Waals surface area contributed by atoms with Crippen LogP contribution in [0.3, 0.4) is 0 Å². The maximum Gasteiger partial charge on any atom is 0.133 e. The number of nitrogens with zero attached hydrogens (tertiary/aromatic N) is 1. The summed E-state index contributed by atoms with van der Waals surface area (Å²) >= 11 is 9.53. The third-order valence-corrected chi connectivity index (χ3v) is 4.98. The van der Waals surface area contributed by atoms with Gasteiger partial charge in [-0.2, -0.15) is 5.26 Å². The summed E-state index contributed by atoms with van der Waals surface area (Å²) in [4.78, 5) is 0. The fraction of sp³-hybridized carbons (Fsp3) is 0.0625. The SMILES string of the molecule is N#CSC/C(I)=C(\c1ccccc1)c1ccc(Cl)cc1. The van der Waals surface area contributed by atoms with Crippen molar-refractivity contribution in [1.29, 1.82) is 5.26 Å². The molecule has 0 heterocycles. The predicted molar refractivity (Wildman–Crippen MR) is 96.0 cm³/mol. The van der Waals surface area contributed by atoms with E-state index in [0.717, 1.165) is 25.3 Å². The summed E-state index contributed by atoms with van der Waals surface area (Å²) in [6.07, 6.45) is 0. The Kier molecular flexibility index (Phi) is 5.96. The zero-order valence-electron chi connectivity index (χ0n) is 10.5. The molecule has 0 fully saturated rings. The van der Waals surface area contributed by atoms with Crippen LogP contribution in [0.2, 0.25) is 5.02 Å². The molecule has 0 saturated heterocycles. The molecule has 0 radical (unpaired) electrons. The Morgan fingerprint density at radius 2 is 1.65 bits per heavy atom. The minimum Gasteiger partial charge on any atom is -0.185 e. The molecule has 0 amide bonds. The van der Waals surface area contributed by atoms with Gasteiger partial charge in [0.25, 0.3) is 0 Å². The van der Waals surface area contributed by atoms with Crippen LogP contribution in [0.4, 0.5) is 0 Å². The van der Waals surface area contributed by atoms with Crippen LogP contribution in [0.25, 0.3) is 5.57 Å². The van der Waals surface area contributed by atoms with E-state index in [1.807, 2.05) is 42.5 Å². The quantitative estimate of drug-likeness (QED) is 0.472. The maximum absolute atomic E-state index is 8.74. The second-order valence-corrected chi connectivity index (χ2v) is 6.53. The molecule has 1 nitrogen and oxygen atoms in total. The van der Waals surface area contributed by atoms with Crippen LogP contribution >= 0.6 is 46.0 Å². The van der Waals surface area contributed by atoms with Crippen molar-refractivity contribution in [2.75, 3.05) is 5.75 Å². The molecule has 0 unspecified atom stereocenters. The summed E-state index contributed by atoms with van der Waals surface area (Å²) in [5.41, 5.74) is 3.42. The van der Waals surface area contributed by atoms with Gasteiger partial charge in [0.05, 0.1) is 0 Å². The van der Waals surface area contributed by atoms with Gasteiger partial charge in [-0.25, -0.2) is 0 Å². The van der Waals surface area contributed by atoms with Gasteiger partial charge >= 0.3 is 0 Å². The second-order valence-electron chi connectivity index (χ2n) is 4.03. The molecule has 0 aliphatic rings. The summed E-state index contributed by atoms with van der Waals surface area (Å²) in [5, 5.41) is 11.6. The Balaban J connectivity index is 2.50. The Labute approximate surface area is 141 Å². The first-order valence-electron chi connectivity index (χ1n) is 5.93. The largest absolute Gasteiger partial charge is 0.185 e. The molecule has 0 bridgehead atoms. The lowest BCUT2D eigenvalue weighted by Gasteiger charge is -2.11. The summed E-state index contributed by atoms with van der Waals surface area (Å²) in [6.45, 7) is 0. The first-order chi connectivity index (χ1) is 9.72. The number of halogens is 2. The van der Waals surface area contributed by atoms with Crippen LogP contribution in [0.5, 0.6) is 0 Å². The van der Waals surface area contributed by atoms with E-state index >= 15 is 0 Å². The van der Waals surface area contributed by atoms with Crippen molar-refractivity contribution in [1.82, 2.24) is 0 Å². The van der Waals surface area contributed by atoms with E-state index in [0.29, 0.717) is 5.75 Å². The minimum absolute atomic E-state index is 0.684. The van der Waals surface area contributed by atoms with Crippen LogP contribution in [-0.2, 0) is 0 Å². The molecule has 4 heteroatoms. The Morgan fingerprint density at radius 1 is 1.05 bits per heavy atom. The van der Waals surface area contributed by atoms with E-state index in [2.05, 4.69) is 40.1 Å². The van der Waals surface area contributed by atoms with Crippen molar-refractivity contribution >= 4 is 51.5 Å². The third kappa shape index (κ3) is 4.02. The number of nitriles is 1. The van der Waals surface area contributed by atoms with Gasteiger partial charge in [0.2, 0.25) is 0 Å². The summed E-state index contributed by atoms with van der Waals surface area (Å²) in [7, 11) is 0. The number of benzene rings is 2. The van der Waals surface area contributed by atoms with E-state index in [4.69, 9.17) is 16.9 Å². The average Bonchev–Trinajstić information content (AvgIpc) is 2.48. The molecular weight excluding hydrogens is 401 g/mol. The molecule has 0 aromatic heterocycles. The lowest BCUT2D eigenvalue weighted by molar-refractivity contribution is 1.52. The molecular formula is C16H11ClINS. The molecule has 20 heavy (non-hydrogen) atoms. The zero-order valence-corrected chi connectivity index (χ0v) is 14.2. The first-order valence-corrected chi connectivity index (χ1v) is 8.37. The van der Waals surface area contributed by atoms with Crippen molar-refractivity contribution in [3.63, 3.8) is 0 Å². The molecule has 0 saturated carbocycles. The van der Waals surface area contributed by atoms with E-state index in [1.54, 1.807) is 0 Å². The van der Waals surface area contributed by atoms with Crippen molar-refractivity contribution in [2.45, 2.75) is 0 Å². The predicted octanol–water partition coefficient (Wildman–Crippen LogP) is 5.75. The molecule has 2 rings (SSSR count). The van der Waals surface area contributed by atoms with Gasteiger partial charge in [-0.3, -0.25) is 0 Å². The molecule has 0 spiro atoms. The lowest BCUT2D eigenvalue weighted by atomic mass is 9.98. The van der Waals surface area contributed by atoms with Crippen molar-refractivity contribution in [3.05, 3.63) is 74.3 Å². The van der Waals surface area contributed by atoms with E-state index in [9.17, 15) is 0 Å². The van der Waals surface area contributed by atoms with Gasteiger partial charge in [-0.1, -0.05) is 54.1 Å².